The SMILES string of the molecule is CC(C)[C@@H]1CC[C@]2(C)[C@@H](C1)[C@@H](C)CCC2(O)C1CCCCO1. The lowest BCUT2D eigenvalue weighted by Crippen LogP contribution is -2.64. The highest BCUT2D eigenvalue weighted by atomic mass is 16.5. The zero-order valence-electron chi connectivity index (χ0n) is 15.1. The van der Waals surface area contributed by atoms with Crippen LogP contribution in [0.4, 0.5) is 0 Å². The minimum Gasteiger partial charge on any atom is -0.387 e. The van der Waals surface area contributed by atoms with E-state index in [0.29, 0.717) is 5.92 Å². The highest BCUT2D eigenvalue weighted by molar-refractivity contribution is 5.11. The smallest absolute Gasteiger partial charge is 0.0964 e. The molecule has 0 aromatic heterocycles. The van der Waals surface area contributed by atoms with Crippen molar-refractivity contribution in [1.29, 1.82) is 0 Å². The molecule has 22 heavy (non-hydrogen) atoms. The lowest BCUT2D eigenvalue weighted by molar-refractivity contribution is -0.241. The van der Waals surface area contributed by atoms with Crippen molar-refractivity contribution in [2.45, 2.75) is 90.8 Å². The summed E-state index contributed by atoms with van der Waals surface area (Å²) in [5.41, 5.74) is -0.537. The molecule has 3 fully saturated rings. The van der Waals surface area contributed by atoms with E-state index in [1.54, 1.807) is 0 Å². The molecule has 1 aliphatic heterocycles. The molecule has 2 unspecified atom stereocenters. The van der Waals surface area contributed by atoms with Crippen molar-refractivity contribution in [2.75, 3.05) is 6.61 Å². The molecule has 3 aliphatic rings. The maximum Gasteiger partial charge on any atom is 0.0964 e. The maximum atomic E-state index is 11.8. The normalized spacial score (nSPS) is 49.9. The Morgan fingerprint density at radius 3 is 2.50 bits per heavy atom. The van der Waals surface area contributed by atoms with Crippen LogP contribution in [0.25, 0.3) is 0 Å². The molecule has 2 nitrogen and oxygen atoms in total. The summed E-state index contributed by atoms with van der Waals surface area (Å²) in [7, 11) is 0. The van der Waals surface area contributed by atoms with Crippen LogP contribution in [0.1, 0.15) is 79.1 Å². The van der Waals surface area contributed by atoms with Crippen molar-refractivity contribution in [3.05, 3.63) is 0 Å². The third-order valence-electron chi connectivity index (χ3n) is 7.72. The van der Waals surface area contributed by atoms with Crippen LogP contribution in [0.3, 0.4) is 0 Å². The average molecular weight is 309 g/mol. The molecule has 0 aromatic rings. The van der Waals surface area contributed by atoms with E-state index in [1.807, 2.05) is 0 Å². The molecule has 0 radical (unpaired) electrons. The number of rotatable bonds is 2. The molecule has 0 aromatic carbocycles. The van der Waals surface area contributed by atoms with Gasteiger partial charge in [0.2, 0.25) is 0 Å². The van der Waals surface area contributed by atoms with Gasteiger partial charge in [0, 0.05) is 12.0 Å². The monoisotopic (exact) mass is 308 g/mol. The molecule has 1 saturated heterocycles. The van der Waals surface area contributed by atoms with Gasteiger partial charge in [-0.2, -0.15) is 0 Å². The first-order chi connectivity index (χ1) is 10.4. The van der Waals surface area contributed by atoms with E-state index >= 15 is 0 Å². The summed E-state index contributed by atoms with van der Waals surface area (Å²) in [6.45, 7) is 10.4. The van der Waals surface area contributed by atoms with Crippen molar-refractivity contribution in [3.63, 3.8) is 0 Å². The summed E-state index contributed by atoms with van der Waals surface area (Å²) in [4.78, 5) is 0. The van der Waals surface area contributed by atoms with E-state index in [1.165, 1.54) is 38.5 Å². The van der Waals surface area contributed by atoms with Crippen molar-refractivity contribution in [1.82, 2.24) is 0 Å². The molecule has 6 atom stereocenters. The minimum atomic E-state index is -0.591. The van der Waals surface area contributed by atoms with Crippen molar-refractivity contribution >= 4 is 0 Å². The predicted molar refractivity (Wildman–Crippen MR) is 90.7 cm³/mol. The number of aliphatic hydroxyl groups is 1. The Morgan fingerprint density at radius 2 is 1.86 bits per heavy atom. The Balaban J connectivity index is 1.87. The lowest BCUT2D eigenvalue weighted by Gasteiger charge is -2.61. The van der Waals surface area contributed by atoms with E-state index in [0.717, 1.165) is 37.2 Å². The summed E-state index contributed by atoms with van der Waals surface area (Å²) in [6, 6.07) is 0. The Hall–Kier alpha value is -0.0800. The number of hydrogen-bond donors (Lipinski definition) is 1. The summed E-state index contributed by atoms with van der Waals surface area (Å²) < 4.78 is 6.09. The minimum absolute atomic E-state index is 0.0536. The van der Waals surface area contributed by atoms with Gasteiger partial charge < -0.3 is 9.84 Å². The van der Waals surface area contributed by atoms with Gasteiger partial charge in [0.1, 0.15) is 0 Å². The van der Waals surface area contributed by atoms with Crippen molar-refractivity contribution in [2.24, 2.45) is 29.1 Å². The van der Waals surface area contributed by atoms with E-state index in [-0.39, 0.29) is 11.5 Å². The van der Waals surface area contributed by atoms with Crippen LogP contribution in [0.2, 0.25) is 0 Å². The van der Waals surface area contributed by atoms with Gasteiger partial charge in [0.15, 0.2) is 0 Å². The first kappa shape index (κ1) is 16.8. The van der Waals surface area contributed by atoms with Gasteiger partial charge in [-0.05, 0) is 75.0 Å². The van der Waals surface area contributed by atoms with Crippen LogP contribution < -0.4 is 0 Å². The Bertz CT molecular complexity index is 387. The lowest BCUT2D eigenvalue weighted by atomic mass is 9.47. The topological polar surface area (TPSA) is 29.5 Å². The van der Waals surface area contributed by atoms with Crippen LogP contribution in [-0.4, -0.2) is 23.4 Å². The summed E-state index contributed by atoms with van der Waals surface area (Å²) >= 11 is 0. The molecular formula is C20H36O2. The van der Waals surface area contributed by atoms with Crippen molar-refractivity contribution < 1.29 is 9.84 Å². The average Bonchev–Trinajstić information content (AvgIpc) is 2.52. The van der Waals surface area contributed by atoms with E-state index in [4.69, 9.17) is 4.74 Å². The number of ether oxygens (including phenoxy) is 1. The Kier molecular flexibility index (Phi) is 4.64. The standard InChI is InChI=1S/C20H36O2/c1-14(2)16-9-10-19(4)17(13-16)15(3)8-11-20(19,21)18-7-5-6-12-22-18/h14-18,21H,5-13H2,1-4H3/t15-,16+,17-,18?,19+,20?/m0/s1. The van der Waals surface area contributed by atoms with Gasteiger partial charge in [-0.1, -0.05) is 27.7 Å². The van der Waals surface area contributed by atoms with Gasteiger partial charge in [-0.3, -0.25) is 0 Å². The molecule has 0 amide bonds. The van der Waals surface area contributed by atoms with Crippen molar-refractivity contribution in [3.8, 4) is 0 Å². The molecule has 1 N–H and O–H groups in total. The van der Waals surface area contributed by atoms with Crippen LogP contribution >= 0.6 is 0 Å². The first-order valence-electron chi connectivity index (χ1n) is 9.72. The number of fused-ring (bicyclic) bond motifs is 1. The summed E-state index contributed by atoms with van der Waals surface area (Å²) in [5.74, 6) is 3.03. The van der Waals surface area contributed by atoms with Gasteiger partial charge >= 0.3 is 0 Å². The third-order valence-corrected chi connectivity index (χ3v) is 7.72. The largest absolute Gasteiger partial charge is 0.387 e. The quantitative estimate of drug-likeness (QED) is 0.794. The zero-order chi connectivity index (χ0) is 16.0. The summed E-state index contributed by atoms with van der Waals surface area (Å²) in [6.07, 6.45) is 9.41. The highest BCUT2D eigenvalue weighted by Crippen LogP contribution is 2.61. The highest BCUT2D eigenvalue weighted by Gasteiger charge is 2.60. The predicted octanol–water partition coefficient (Wildman–Crippen LogP) is 4.80. The molecule has 0 bridgehead atoms. The van der Waals surface area contributed by atoms with Crippen LogP contribution in [0, 0.1) is 29.1 Å². The maximum absolute atomic E-state index is 11.8. The molecule has 1 heterocycles. The van der Waals surface area contributed by atoms with Gasteiger partial charge in [-0.15, -0.1) is 0 Å². The van der Waals surface area contributed by atoms with Gasteiger partial charge in [0.25, 0.3) is 0 Å². The van der Waals surface area contributed by atoms with E-state index in [9.17, 15) is 5.11 Å². The Morgan fingerprint density at radius 1 is 1.09 bits per heavy atom. The molecule has 3 rings (SSSR count). The van der Waals surface area contributed by atoms with Gasteiger partial charge in [0.05, 0.1) is 11.7 Å². The molecule has 2 heteroatoms. The molecule has 2 saturated carbocycles. The molecule has 0 spiro atoms. The molecular weight excluding hydrogens is 272 g/mol. The second-order valence-corrected chi connectivity index (χ2v) is 9.10. The van der Waals surface area contributed by atoms with Gasteiger partial charge in [-0.25, -0.2) is 0 Å². The second-order valence-electron chi connectivity index (χ2n) is 9.10. The first-order valence-corrected chi connectivity index (χ1v) is 9.72. The Labute approximate surface area is 137 Å². The fourth-order valence-corrected chi connectivity index (χ4v) is 5.96. The van der Waals surface area contributed by atoms with Crippen LogP contribution in [0.15, 0.2) is 0 Å². The fraction of sp³-hybridized carbons (Fsp3) is 1.00. The second kappa shape index (κ2) is 6.09. The fourth-order valence-electron chi connectivity index (χ4n) is 5.96. The summed E-state index contributed by atoms with van der Waals surface area (Å²) in [5, 5.41) is 11.8. The van der Waals surface area contributed by atoms with Crippen LogP contribution in [-0.2, 0) is 4.74 Å². The molecule has 2 aliphatic carbocycles. The third kappa shape index (κ3) is 2.55. The van der Waals surface area contributed by atoms with E-state index < -0.39 is 5.60 Å². The zero-order valence-corrected chi connectivity index (χ0v) is 15.1. The molecule has 128 valence electrons. The van der Waals surface area contributed by atoms with Crippen LogP contribution in [0.5, 0.6) is 0 Å². The van der Waals surface area contributed by atoms with E-state index in [2.05, 4.69) is 27.7 Å². The number of hydrogen-bond acceptors (Lipinski definition) is 2.